The molecule has 1 aromatic carbocycles. The molecule has 0 saturated heterocycles. The number of aryl methyl sites for hydroxylation is 1. The van der Waals surface area contributed by atoms with Crippen LogP contribution in [0.25, 0.3) is 11.1 Å². The Labute approximate surface area is 145 Å². The van der Waals surface area contributed by atoms with Gasteiger partial charge in [-0.2, -0.15) is 5.26 Å². The van der Waals surface area contributed by atoms with Gasteiger partial charge in [0.05, 0.1) is 35.5 Å². The minimum atomic E-state index is -3.87. The molecular weight excluding hydrogens is 340 g/mol. The molecule has 0 spiro atoms. The second kappa shape index (κ2) is 6.91. The fourth-order valence-corrected chi connectivity index (χ4v) is 3.96. The number of hydrogen-bond donors (Lipinski definition) is 0. The molecule has 0 radical (unpaired) electrons. The van der Waals surface area contributed by atoms with Gasteiger partial charge < -0.3 is 4.52 Å². The van der Waals surface area contributed by atoms with E-state index in [1.165, 1.54) is 16.6 Å². The van der Waals surface area contributed by atoms with E-state index in [2.05, 4.69) is 10.1 Å². The van der Waals surface area contributed by atoms with Gasteiger partial charge in [0.2, 0.25) is 0 Å². The Kier molecular flexibility index (Phi) is 4.67. The quantitative estimate of drug-likeness (QED) is 0.673. The van der Waals surface area contributed by atoms with Gasteiger partial charge in [0, 0.05) is 6.54 Å². The van der Waals surface area contributed by atoms with Gasteiger partial charge in [0.15, 0.2) is 0 Å². The van der Waals surface area contributed by atoms with Crippen molar-refractivity contribution in [2.24, 2.45) is 0 Å². The zero-order chi connectivity index (χ0) is 17.9. The predicted octanol–water partition coefficient (Wildman–Crippen LogP) is 2.89. The second-order valence-corrected chi connectivity index (χ2v) is 7.19. The van der Waals surface area contributed by atoms with Crippen LogP contribution in [0, 0.1) is 11.3 Å². The Morgan fingerprint density at radius 2 is 2.04 bits per heavy atom. The standard InChI is InChI=1S/C17H16N4O3S/c1-2-16-15-11-14(12-19-17(15)24-20-16)25(22,23)21(10-6-9-18)13-7-4-3-5-8-13/h3-5,7-8,11-12H,2,6,10H2,1H3. The molecule has 2 aromatic heterocycles. The largest absolute Gasteiger partial charge is 0.336 e. The van der Waals surface area contributed by atoms with Crippen LogP contribution in [0.1, 0.15) is 19.0 Å². The van der Waals surface area contributed by atoms with Crippen molar-refractivity contribution in [1.29, 1.82) is 5.26 Å². The molecule has 0 aliphatic rings. The Hall–Kier alpha value is -2.92. The molecule has 0 bridgehead atoms. The number of rotatable bonds is 6. The number of benzene rings is 1. The number of aromatic nitrogens is 2. The fourth-order valence-electron chi connectivity index (χ4n) is 2.52. The van der Waals surface area contributed by atoms with E-state index in [9.17, 15) is 8.42 Å². The molecule has 0 aliphatic heterocycles. The van der Waals surface area contributed by atoms with Crippen molar-refractivity contribution in [2.45, 2.75) is 24.7 Å². The van der Waals surface area contributed by atoms with Crippen molar-refractivity contribution >= 4 is 26.8 Å². The van der Waals surface area contributed by atoms with Crippen molar-refractivity contribution in [3.8, 4) is 6.07 Å². The highest BCUT2D eigenvalue weighted by atomic mass is 32.2. The summed E-state index contributed by atoms with van der Waals surface area (Å²) in [4.78, 5) is 4.11. The first-order valence-corrected chi connectivity index (χ1v) is 9.21. The zero-order valence-corrected chi connectivity index (χ0v) is 14.4. The third-order valence-electron chi connectivity index (χ3n) is 3.77. The molecule has 2 heterocycles. The normalized spacial score (nSPS) is 11.4. The summed E-state index contributed by atoms with van der Waals surface area (Å²) >= 11 is 0. The smallest absolute Gasteiger partial charge is 0.265 e. The number of sulfonamides is 1. The Morgan fingerprint density at radius 1 is 1.28 bits per heavy atom. The molecule has 25 heavy (non-hydrogen) atoms. The maximum absolute atomic E-state index is 13.1. The molecule has 128 valence electrons. The van der Waals surface area contributed by atoms with Crippen molar-refractivity contribution in [2.75, 3.05) is 10.8 Å². The summed E-state index contributed by atoms with van der Waals surface area (Å²) in [7, 11) is -3.87. The van der Waals surface area contributed by atoms with Gasteiger partial charge >= 0.3 is 0 Å². The van der Waals surface area contributed by atoms with Crippen LogP contribution in [0.15, 0.2) is 52.0 Å². The van der Waals surface area contributed by atoms with Gasteiger partial charge in [-0.05, 0) is 24.6 Å². The third-order valence-corrected chi connectivity index (χ3v) is 5.57. The lowest BCUT2D eigenvalue weighted by Gasteiger charge is -2.23. The van der Waals surface area contributed by atoms with Crippen molar-refractivity contribution in [1.82, 2.24) is 10.1 Å². The molecule has 0 amide bonds. The zero-order valence-electron chi connectivity index (χ0n) is 13.6. The topological polar surface area (TPSA) is 100 Å². The molecule has 3 aromatic rings. The average molecular weight is 356 g/mol. The van der Waals surface area contributed by atoms with E-state index < -0.39 is 10.0 Å². The van der Waals surface area contributed by atoms with Gasteiger partial charge in [-0.25, -0.2) is 13.4 Å². The van der Waals surface area contributed by atoms with E-state index in [0.29, 0.717) is 28.9 Å². The molecule has 0 atom stereocenters. The van der Waals surface area contributed by atoms with Crippen molar-refractivity contribution in [3.05, 3.63) is 48.3 Å². The molecule has 0 N–H and O–H groups in total. The van der Waals surface area contributed by atoms with Gasteiger partial charge in [-0.15, -0.1) is 0 Å². The summed E-state index contributed by atoms with van der Waals surface area (Å²) in [5.41, 5.74) is 1.46. The molecule has 0 aliphatic carbocycles. The van der Waals surface area contributed by atoms with Crippen LogP contribution < -0.4 is 4.31 Å². The highest BCUT2D eigenvalue weighted by Gasteiger charge is 2.26. The number of nitriles is 1. The van der Waals surface area contributed by atoms with Gasteiger partial charge in [0.25, 0.3) is 15.7 Å². The van der Waals surface area contributed by atoms with Crippen molar-refractivity contribution < 1.29 is 12.9 Å². The van der Waals surface area contributed by atoms with Crippen LogP contribution in [0.4, 0.5) is 5.69 Å². The minimum Gasteiger partial charge on any atom is -0.336 e. The molecule has 0 saturated carbocycles. The number of fused-ring (bicyclic) bond motifs is 1. The SMILES string of the molecule is CCc1noc2ncc(S(=O)(=O)N(CCC#N)c3ccccc3)cc12. The second-order valence-electron chi connectivity index (χ2n) is 5.33. The van der Waals surface area contributed by atoms with Gasteiger partial charge in [-0.3, -0.25) is 4.31 Å². The maximum atomic E-state index is 13.1. The Bertz CT molecular complexity index is 1020. The van der Waals surface area contributed by atoms with E-state index >= 15 is 0 Å². The van der Waals surface area contributed by atoms with Crippen LogP contribution in [-0.4, -0.2) is 25.1 Å². The van der Waals surface area contributed by atoms with Gasteiger partial charge in [0.1, 0.15) is 4.90 Å². The number of nitrogens with zero attached hydrogens (tertiary/aromatic N) is 4. The predicted molar refractivity (Wildman–Crippen MR) is 92.4 cm³/mol. The number of hydrogen-bond acceptors (Lipinski definition) is 6. The summed E-state index contributed by atoms with van der Waals surface area (Å²) < 4.78 is 32.6. The average Bonchev–Trinajstić information content (AvgIpc) is 3.05. The maximum Gasteiger partial charge on any atom is 0.265 e. The van der Waals surface area contributed by atoms with Crippen LogP contribution in [0.5, 0.6) is 0 Å². The lowest BCUT2D eigenvalue weighted by atomic mass is 10.2. The highest BCUT2D eigenvalue weighted by molar-refractivity contribution is 7.92. The first-order valence-electron chi connectivity index (χ1n) is 7.77. The third kappa shape index (κ3) is 3.19. The summed E-state index contributed by atoms with van der Waals surface area (Å²) in [6, 6.07) is 12.2. The highest BCUT2D eigenvalue weighted by Crippen LogP contribution is 2.26. The summed E-state index contributed by atoms with van der Waals surface area (Å²) in [6.07, 6.45) is 1.94. The van der Waals surface area contributed by atoms with E-state index in [1.807, 2.05) is 13.0 Å². The number of pyridine rings is 1. The summed E-state index contributed by atoms with van der Waals surface area (Å²) in [6.45, 7) is 1.97. The molecule has 3 rings (SSSR count). The summed E-state index contributed by atoms with van der Waals surface area (Å²) in [5, 5.41) is 13.4. The summed E-state index contributed by atoms with van der Waals surface area (Å²) in [5.74, 6) is 0. The minimum absolute atomic E-state index is 0.0414. The lowest BCUT2D eigenvalue weighted by molar-refractivity contribution is 0.439. The number of para-hydroxylation sites is 1. The molecule has 8 heteroatoms. The Morgan fingerprint density at radius 3 is 2.72 bits per heavy atom. The monoisotopic (exact) mass is 356 g/mol. The van der Waals surface area contributed by atoms with E-state index in [4.69, 9.17) is 9.78 Å². The van der Waals surface area contributed by atoms with Crippen molar-refractivity contribution in [3.63, 3.8) is 0 Å². The molecule has 7 nitrogen and oxygen atoms in total. The molecule has 0 fully saturated rings. The molecule has 0 unspecified atom stereocenters. The van der Waals surface area contributed by atoms with Gasteiger partial charge in [-0.1, -0.05) is 30.3 Å². The van der Waals surface area contributed by atoms with E-state index in [1.54, 1.807) is 30.3 Å². The first-order chi connectivity index (χ1) is 12.1. The van der Waals surface area contributed by atoms with Crippen LogP contribution in [0.3, 0.4) is 0 Å². The van der Waals surface area contributed by atoms with E-state index in [0.717, 1.165) is 0 Å². The van der Waals surface area contributed by atoms with Crippen LogP contribution in [-0.2, 0) is 16.4 Å². The number of anilines is 1. The van der Waals surface area contributed by atoms with E-state index in [-0.39, 0.29) is 17.9 Å². The van der Waals surface area contributed by atoms with Crippen LogP contribution in [0.2, 0.25) is 0 Å². The first kappa shape index (κ1) is 16.9. The molecular formula is C17H16N4O3S. The fraction of sp³-hybridized carbons (Fsp3) is 0.235. The lowest BCUT2D eigenvalue weighted by Crippen LogP contribution is -2.32. The Balaban J connectivity index is 2.10. The van der Waals surface area contributed by atoms with Crippen LogP contribution >= 0.6 is 0 Å².